The Labute approximate surface area is 134 Å². The number of nitrogens with one attached hydrogen (secondary N) is 2. The maximum atomic E-state index is 11.7. The topological polar surface area (TPSA) is 80.6 Å². The van der Waals surface area contributed by atoms with Crippen molar-refractivity contribution in [1.82, 2.24) is 10.6 Å². The molecule has 2 aromatic rings. The summed E-state index contributed by atoms with van der Waals surface area (Å²) in [4.78, 5) is 23.4. The van der Waals surface area contributed by atoms with Gasteiger partial charge < -0.3 is 19.8 Å². The Morgan fingerprint density at radius 3 is 2.74 bits per heavy atom. The van der Waals surface area contributed by atoms with Crippen molar-refractivity contribution in [2.75, 3.05) is 20.2 Å². The van der Waals surface area contributed by atoms with E-state index >= 15 is 0 Å². The first kappa shape index (κ1) is 16.6. The van der Waals surface area contributed by atoms with Crippen LogP contribution in [0.4, 0.5) is 0 Å². The third-order valence-electron chi connectivity index (χ3n) is 3.31. The van der Waals surface area contributed by atoms with Gasteiger partial charge in [0.1, 0.15) is 5.75 Å². The number of carbonyl (C=O) groups is 2. The number of amides is 2. The monoisotopic (exact) mass is 316 g/mol. The van der Waals surface area contributed by atoms with Crippen LogP contribution in [0.15, 0.2) is 41.0 Å². The Hall–Kier alpha value is -2.76. The number of aryl methyl sites for hydroxylation is 1. The van der Waals surface area contributed by atoms with Gasteiger partial charge in [-0.3, -0.25) is 9.59 Å². The molecule has 0 saturated carbocycles. The van der Waals surface area contributed by atoms with Gasteiger partial charge in [-0.15, -0.1) is 0 Å². The lowest BCUT2D eigenvalue weighted by Crippen LogP contribution is -2.37. The normalized spacial score (nSPS) is 10.2. The van der Waals surface area contributed by atoms with Gasteiger partial charge in [-0.25, -0.2) is 0 Å². The number of benzene rings is 1. The summed E-state index contributed by atoms with van der Waals surface area (Å²) >= 11 is 0. The highest BCUT2D eigenvalue weighted by atomic mass is 16.5. The highest BCUT2D eigenvalue weighted by Crippen LogP contribution is 2.19. The van der Waals surface area contributed by atoms with Crippen LogP contribution in [-0.4, -0.2) is 32.0 Å². The fraction of sp³-hybridized carbons (Fsp3) is 0.294. The molecule has 2 rings (SSSR count). The van der Waals surface area contributed by atoms with Crippen LogP contribution >= 0.6 is 0 Å². The molecular formula is C17H20N2O4. The molecule has 1 aromatic heterocycles. The molecule has 0 unspecified atom stereocenters. The fourth-order valence-electron chi connectivity index (χ4n) is 2.16. The molecule has 0 aliphatic heterocycles. The standard InChI is InChI=1S/C17H20N2O4/c1-12-5-6-14(22-2)13(10-12)7-8-18-16(20)11-19-17(21)15-4-3-9-23-15/h3-6,9-10H,7-8,11H2,1-2H3,(H,18,20)(H,19,21). The van der Waals surface area contributed by atoms with Gasteiger partial charge >= 0.3 is 0 Å². The molecule has 23 heavy (non-hydrogen) atoms. The fourth-order valence-corrected chi connectivity index (χ4v) is 2.16. The quantitative estimate of drug-likeness (QED) is 0.814. The molecule has 0 saturated heterocycles. The summed E-state index contributed by atoms with van der Waals surface area (Å²) in [6.45, 7) is 2.38. The highest BCUT2D eigenvalue weighted by molar-refractivity contribution is 5.94. The SMILES string of the molecule is COc1ccc(C)cc1CCNC(=O)CNC(=O)c1ccco1. The van der Waals surface area contributed by atoms with E-state index < -0.39 is 5.91 Å². The van der Waals surface area contributed by atoms with Crippen LogP contribution in [0, 0.1) is 6.92 Å². The molecule has 6 heteroatoms. The zero-order chi connectivity index (χ0) is 16.7. The van der Waals surface area contributed by atoms with Crippen molar-refractivity contribution in [3.8, 4) is 5.75 Å². The molecule has 0 atom stereocenters. The van der Waals surface area contributed by atoms with Crippen LogP contribution in [-0.2, 0) is 11.2 Å². The summed E-state index contributed by atoms with van der Waals surface area (Å²) in [7, 11) is 1.62. The Balaban J connectivity index is 1.75. The van der Waals surface area contributed by atoms with E-state index in [2.05, 4.69) is 10.6 Å². The second-order valence-electron chi connectivity index (χ2n) is 5.08. The van der Waals surface area contributed by atoms with Crippen LogP contribution in [0.5, 0.6) is 5.75 Å². The molecule has 0 aliphatic rings. The van der Waals surface area contributed by atoms with Gasteiger partial charge in [0.2, 0.25) is 5.91 Å². The van der Waals surface area contributed by atoms with Crippen molar-refractivity contribution >= 4 is 11.8 Å². The van der Waals surface area contributed by atoms with E-state index in [1.54, 1.807) is 13.2 Å². The van der Waals surface area contributed by atoms with Gasteiger partial charge in [-0.1, -0.05) is 17.7 Å². The maximum absolute atomic E-state index is 11.7. The van der Waals surface area contributed by atoms with E-state index in [9.17, 15) is 9.59 Å². The second-order valence-corrected chi connectivity index (χ2v) is 5.08. The van der Waals surface area contributed by atoms with Crippen molar-refractivity contribution in [2.45, 2.75) is 13.3 Å². The summed E-state index contributed by atoms with van der Waals surface area (Å²) in [6, 6.07) is 9.08. The maximum Gasteiger partial charge on any atom is 0.287 e. The summed E-state index contributed by atoms with van der Waals surface area (Å²) in [5.41, 5.74) is 2.17. The molecule has 2 amide bonds. The zero-order valence-electron chi connectivity index (χ0n) is 13.2. The van der Waals surface area contributed by atoms with Crippen LogP contribution in [0.3, 0.4) is 0 Å². The Morgan fingerprint density at radius 1 is 1.22 bits per heavy atom. The van der Waals surface area contributed by atoms with E-state index in [0.29, 0.717) is 13.0 Å². The van der Waals surface area contributed by atoms with E-state index in [0.717, 1.165) is 16.9 Å². The van der Waals surface area contributed by atoms with E-state index in [4.69, 9.17) is 9.15 Å². The molecule has 1 aromatic carbocycles. The van der Waals surface area contributed by atoms with Crippen molar-refractivity contribution < 1.29 is 18.7 Å². The Bertz CT molecular complexity index is 665. The second kappa shape index (κ2) is 8.03. The Kier molecular flexibility index (Phi) is 5.80. The minimum absolute atomic E-state index is 0.0928. The van der Waals surface area contributed by atoms with Gasteiger partial charge in [0, 0.05) is 6.54 Å². The number of methoxy groups -OCH3 is 1. The lowest BCUT2D eigenvalue weighted by atomic mass is 10.1. The molecule has 6 nitrogen and oxygen atoms in total. The molecule has 0 fully saturated rings. The summed E-state index contributed by atoms with van der Waals surface area (Å²) < 4.78 is 10.2. The molecular weight excluding hydrogens is 296 g/mol. The van der Waals surface area contributed by atoms with Gasteiger partial charge in [0.05, 0.1) is 19.9 Å². The summed E-state index contributed by atoms with van der Waals surface area (Å²) in [5.74, 6) is 0.320. The summed E-state index contributed by atoms with van der Waals surface area (Å²) in [5, 5.41) is 5.26. The molecule has 0 bridgehead atoms. The number of hydrogen-bond acceptors (Lipinski definition) is 4. The number of furan rings is 1. The minimum Gasteiger partial charge on any atom is -0.496 e. The average molecular weight is 316 g/mol. The first-order chi connectivity index (χ1) is 11.1. The summed E-state index contributed by atoms with van der Waals surface area (Å²) in [6.07, 6.45) is 2.06. The molecule has 0 radical (unpaired) electrons. The molecule has 2 N–H and O–H groups in total. The molecule has 122 valence electrons. The van der Waals surface area contributed by atoms with Crippen LogP contribution in [0.2, 0.25) is 0 Å². The lowest BCUT2D eigenvalue weighted by molar-refractivity contribution is -0.120. The minimum atomic E-state index is -0.412. The van der Waals surface area contributed by atoms with E-state index in [-0.39, 0.29) is 18.2 Å². The van der Waals surface area contributed by atoms with E-state index in [1.807, 2.05) is 25.1 Å². The third-order valence-corrected chi connectivity index (χ3v) is 3.31. The highest BCUT2D eigenvalue weighted by Gasteiger charge is 2.10. The molecule has 0 spiro atoms. The van der Waals surface area contributed by atoms with Gasteiger partial charge in [-0.2, -0.15) is 0 Å². The van der Waals surface area contributed by atoms with Crippen LogP contribution < -0.4 is 15.4 Å². The van der Waals surface area contributed by atoms with Gasteiger partial charge in [-0.05, 0) is 37.1 Å². The zero-order valence-corrected chi connectivity index (χ0v) is 13.2. The smallest absolute Gasteiger partial charge is 0.287 e. The van der Waals surface area contributed by atoms with Crippen molar-refractivity contribution in [2.24, 2.45) is 0 Å². The van der Waals surface area contributed by atoms with Crippen molar-refractivity contribution in [1.29, 1.82) is 0 Å². The Morgan fingerprint density at radius 2 is 2.04 bits per heavy atom. The van der Waals surface area contributed by atoms with E-state index in [1.165, 1.54) is 12.3 Å². The van der Waals surface area contributed by atoms with Crippen molar-refractivity contribution in [3.63, 3.8) is 0 Å². The predicted octanol–water partition coefficient (Wildman–Crippen LogP) is 1.69. The van der Waals surface area contributed by atoms with Gasteiger partial charge in [0.15, 0.2) is 5.76 Å². The third kappa shape index (κ3) is 4.88. The first-order valence-corrected chi connectivity index (χ1v) is 7.32. The first-order valence-electron chi connectivity index (χ1n) is 7.32. The van der Waals surface area contributed by atoms with Crippen molar-refractivity contribution in [3.05, 3.63) is 53.5 Å². The van der Waals surface area contributed by atoms with Crippen LogP contribution in [0.25, 0.3) is 0 Å². The van der Waals surface area contributed by atoms with Gasteiger partial charge in [0.25, 0.3) is 5.91 Å². The lowest BCUT2D eigenvalue weighted by Gasteiger charge is -2.10. The largest absolute Gasteiger partial charge is 0.496 e. The van der Waals surface area contributed by atoms with Crippen LogP contribution in [0.1, 0.15) is 21.7 Å². The number of carbonyl (C=O) groups excluding carboxylic acids is 2. The average Bonchev–Trinajstić information content (AvgIpc) is 3.07. The number of ether oxygens (including phenoxy) is 1. The number of rotatable bonds is 7. The predicted molar refractivity (Wildman–Crippen MR) is 85.5 cm³/mol. The molecule has 1 heterocycles. The number of hydrogen-bond donors (Lipinski definition) is 2. The molecule has 0 aliphatic carbocycles.